The van der Waals surface area contributed by atoms with Gasteiger partial charge in [-0.2, -0.15) is 17.9 Å². The predicted molar refractivity (Wildman–Crippen MR) is 98.7 cm³/mol. The number of amides is 1. The number of carbonyl (C=O) groups is 1. The van der Waals surface area contributed by atoms with Gasteiger partial charge in [-0.3, -0.25) is 9.36 Å². The monoisotopic (exact) mass is 402 g/mol. The number of nitrogens with zero attached hydrogens (tertiary/aromatic N) is 4. The Morgan fingerprint density at radius 3 is 2.28 bits per heavy atom. The van der Waals surface area contributed by atoms with Gasteiger partial charge >= 0.3 is 11.9 Å². The summed E-state index contributed by atoms with van der Waals surface area (Å²) < 4.78 is 40.7. The molecule has 1 amide bonds. The van der Waals surface area contributed by atoms with Gasteiger partial charge in [-0.25, -0.2) is 4.79 Å². The molecule has 0 saturated carbocycles. The first-order chi connectivity index (χ1) is 13.7. The van der Waals surface area contributed by atoms with Crippen LogP contribution in [0.4, 0.5) is 13.2 Å². The van der Waals surface area contributed by atoms with Crippen molar-refractivity contribution in [1.82, 2.24) is 19.2 Å². The van der Waals surface area contributed by atoms with Crippen LogP contribution in [0.2, 0.25) is 0 Å². The highest BCUT2D eigenvalue weighted by Gasteiger charge is 2.30. The number of aryl methyl sites for hydroxylation is 1. The third-order valence-electron chi connectivity index (χ3n) is 4.89. The van der Waals surface area contributed by atoms with Crippen molar-refractivity contribution in [3.8, 4) is 5.69 Å². The molecular weight excluding hydrogens is 385 g/mol. The SMILES string of the molecule is Cc1ccc(C(=O)N2CCn3c(nn(-c4ccc(C(F)(F)F)cc4)c3=O)C2)cc1. The lowest BCUT2D eigenvalue weighted by atomic mass is 10.1. The van der Waals surface area contributed by atoms with E-state index in [0.29, 0.717) is 17.9 Å². The lowest BCUT2D eigenvalue weighted by Gasteiger charge is -2.26. The maximum Gasteiger partial charge on any atom is 0.416 e. The van der Waals surface area contributed by atoms with Gasteiger partial charge in [0.1, 0.15) is 0 Å². The fraction of sp³-hybridized carbons (Fsp3) is 0.250. The Morgan fingerprint density at radius 1 is 1.00 bits per heavy atom. The lowest BCUT2D eigenvalue weighted by Crippen LogP contribution is -2.40. The van der Waals surface area contributed by atoms with Gasteiger partial charge in [-0.15, -0.1) is 5.10 Å². The zero-order valence-electron chi connectivity index (χ0n) is 15.5. The Hall–Kier alpha value is -3.36. The van der Waals surface area contributed by atoms with Crippen molar-refractivity contribution < 1.29 is 18.0 Å². The molecule has 0 unspecified atom stereocenters. The van der Waals surface area contributed by atoms with E-state index in [0.717, 1.165) is 22.4 Å². The van der Waals surface area contributed by atoms with Crippen LogP contribution in [0.15, 0.2) is 53.3 Å². The number of carbonyl (C=O) groups excluding carboxylic acids is 1. The van der Waals surface area contributed by atoms with Gasteiger partial charge in [0.05, 0.1) is 17.8 Å². The van der Waals surface area contributed by atoms with E-state index < -0.39 is 17.4 Å². The van der Waals surface area contributed by atoms with E-state index in [-0.39, 0.29) is 24.7 Å². The Kier molecular flexibility index (Phi) is 4.52. The maximum absolute atomic E-state index is 12.7. The van der Waals surface area contributed by atoms with Crippen LogP contribution in [-0.4, -0.2) is 31.7 Å². The zero-order valence-corrected chi connectivity index (χ0v) is 15.5. The molecule has 2 heterocycles. The summed E-state index contributed by atoms with van der Waals surface area (Å²) in [7, 11) is 0. The summed E-state index contributed by atoms with van der Waals surface area (Å²) in [5, 5.41) is 4.24. The summed E-state index contributed by atoms with van der Waals surface area (Å²) in [6.45, 7) is 2.70. The molecule has 29 heavy (non-hydrogen) atoms. The van der Waals surface area contributed by atoms with Crippen molar-refractivity contribution in [2.24, 2.45) is 0 Å². The lowest BCUT2D eigenvalue weighted by molar-refractivity contribution is -0.137. The third kappa shape index (κ3) is 3.55. The minimum atomic E-state index is -4.45. The normalized spacial score (nSPS) is 14.0. The molecule has 6 nitrogen and oxygen atoms in total. The first-order valence-corrected chi connectivity index (χ1v) is 8.96. The summed E-state index contributed by atoms with van der Waals surface area (Å²) in [5.74, 6) is 0.231. The molecule has 1 aromatic heterocycles. The molecule has 0 fully saturated rings. The van der Waals surface area contributed by atoms with Gasteiger partial charge in [-0.1, -0.05) is 17.7 Å². The molecular formula is C20H17F3N4O2. The summed E-state index contributed by atoms with van der Waals surface area (Å²) in [6.07, 6.45) is -4.45. The molecule has 0 atom stereocenters. The van der Waals surface area contributed by atoms with Crippen LogP contribution in [0, 0.1) is 6.92 Å². The highest BCUT2D eigenvalue weighted by molar-refractivity contribution is 5.94. The molecule has 0 radical (unpaired) electrons. The maximum atomic E-state index is 12.7. The highest BCUT2D eigenvalue weighted by Crippen LogP contribution is 2.29. The fourth-order valence-electron chi connectivity index (χ4n) is 3.26. The molecule has 1 aliphatic rings. The van der Waals surface area contributed by atoms with Crippen molar-refractivity contribution in [1.29, 1.82) is 0 Å². The quantitative estimate of drug-likeness (QED) is 0.662. The molecule has 2 aromatic carbocycles. The fourth-order valence-corrected chi connectivity index (χ4v) is 3.26. The summed E-state index contributed by atoms with van der Waals surface area (Å²) in [6, 6.07) is 11.4. The Bertz CT molecular complexity index is 1110. The number of benzene rings is 2. The molecule has 3 aromatic rings. The van der Waals surface area contributed by atoms with Crippen molar-refractivity contribution >= 4 is 5.91 Å². The number of hydrogen-bond acceptors (Lipinski definition) is 3. The molecule has 0 saturated heterocycles. The summed E-state index contributed by atoms with van der Waals surface area (Å²) >= 11 is 0. The van der Waals surface area contributed by atoms with Crippen molar-refractivity contribution in [2.45, 2.75) is 26.2 Å². The van der Waals surface area contributed by atoms with Crippen molar-refractivity contribution in [3.63, 3.8) is 0 Å². The molecule has 0 aliphatic carbocycles. The average molecular weight is 402 g/mol. The van der Waals surface area contributed by atoms with Crippen LogP contribution >= 0.6 is 0 Å². The van der Waals surface area contributed by atoms with Gasteiger partial charge in [-0.05, 0) is 43.3 Å². The van der Waals surface area contributed by atoms with Gasteiger partial charge < -0.3 is 4.90 Å². The summed E-state index contributed by atoms with van der Waals surface area (Å²) in [5.41, 5.74) is 0.592. The molecule has 0 spiro atoms. The van der Waals surface area contributed by atoms with Crippen LogP contribution in [0.1, 0.15) is 27.3 Å². The smallest absolute Gasteiger partial charge is 0.329 e. The molecule has 9 heteroatoms. The van der Waals surface area contributed by atoms with Crippen LogP contribution in [-0.2, 0) is 19.3 Å². The van der Waals surface area contributed by atoms with E-state index in [1.54, 1.807) is 17.0 Å². The second-order valence-corrected chi connectivity index (χ2v) is 6.90. The number of alkyl halides is 3. The van der Waals surface area contributed by atoms with Gasteiger partial charge in [0, 0.05) is 18.7 Å². The van der Waals surface area contributed by atoms with Gasteiger partial charge in [0.15, 0.2) is 5.82 Å². The van der Waals surface area contributed by atoms with E-state index >= 15 is 0 Å². The summed E-state index contributed by atoms with van der Waals surface area (Å²) in [4.78, 5) is 26.9. The van der Waals surface area contributed by atoms with Gasteiger partial charge in [0.25, 0.3) is 5.91 Å². The third-order valence-corrected chi connectivity index (χ3v) is 4.89. The number of hydrogen-bond donors (Lipinski definition) is 0. The highest BCUT2D eigenvalue weighted by atomic mass is 19.4. The largest absolute Gasteiger partial charge is 0.416 e. The van der Waals surface area contributed by atoms with Crippen LogP contribution in [0.5, 0.6) is 0 Å². The number of aromatic nitrogens is 3. The molecule has 150 valence electrons. The van der Waals surface area contributed by atoms with Crippen LogP contribution < -0.4 is 5.69 Å². The molecule has 4 rings (SSSR count). The molecule has 0 N–H and O–H groups in total. The van der Waals surface area contributed by atoms with Crippen molar-refractivity contribution in [3.05, 3.63) is 81.5 Å². The standard InChI is InChI=1S/C20H17F3N4O2/c1-13-2-4-14(5-3-13)18(28)25-10-11-26-17(12-25)24-27(19(26)29)16-8-6-15(7-9-16)20(21,22)23/h2-9H,10-12H2,1H3. The van der Waals surface area contributed by atoms with E-state index in [2.05, 4.69) is 5.10 Å². The van der Waals surface area contributed by atoms with E-state index in [9.17, 15) is 22.8 Å². The number of rotatable bonds is 2. The van der Waals surface area contributed by atoms with Crippen molar-refractivity contribution in [2.75, 3.05) is 6.54 Å². The first-order valence-electron chi connectivity index (χ1n) is 8.96. The number of halogens is 3. The van der Waals surface area contributed by atoms with Crippen LogP contribution in [0.25, 0.3) is 5.69 Å². The topological polar surface area (TPSA) is 60.1 Å². The average Bonchev–Trinajstić information content (AvgIpc) is 3.03. The Balaban J connectivity index is 1.60. The number of fused-ring (bicyclic) bond motifs is 1. The second-order valence-electron chi connectivity index (χ2n) is 6.90. The predicted octanol–water partition coefficient (Wildman–Crippen LogP) is 3.02. The van der Waals surface area contributed by atoms with E-state index in [4.69, 9.17) is 0 Å². The Morgan fingerprint density at radius 2 is 1.66 bits per heavy atom. The van der Waals surface area contributed by atoms with Gasteiger partial charge in [0.2, 0.25) is 0 Å². The van der Waals surface area contributed by atoms with E-state index in [1.165, 1.54) is 16.7 Å². The molecule has 1 aliphatic heterocycles. The minimum absolute atomic E-state index is 0.148. The molecule has 0 bridgehead atoms. The van der Waals surface area contributed by atoms with Crippen LogP contribution in [0.3, 0.4) is 0 Å². The first kappa shape index (κ1) is 19.0. The zero-order chi connectivity index (χ0) is 20.8. The minimum Gasteiger partial charge on any atom is -0.329 e. The van der Waals surface area contributed by atoms with E-state index in [1.807, 2.05) is 19.1 Å². The second kappa shape index (κ2) is 6.91. The Labute approximate surface area is 163 Å².